The summed E-state index contributed by atoms with van der Waals surface area (Å²) >= 11 is 0. The minimum Gasteiger partial charge on any atom is -0.299 e. The third-order valence-corrected chi connectivity index (χ3v) is 3.88. The smallest absolute Gasteiger partial charge is 0.193 e. The van der Waals surface area contributed by atoms with E-state index in [0.29, 0.717) is 11.1 Å². The number of para-hydroxylation sites is 1. The zero-order valence-corrected chi connectivity index (χ0v) is 12.4. The summed E-state index contributed by atoms with van der Waals surface area (Å²) in [4.78, 5) is 17.0. The van der Waals surface area contributed by atoms with Crippen LogP contribution < -0.4 is 0 Å². The highest BCUT2D eigenvalue weighted by molar-refractivity contribution is 6.10. The molecule has 0 radical (unpaired) electrons. The lowest BCUT2D eigenvalue weighted by Gasteiger charge is -2.05. The van der Waals surface area contributed by atoms with Gasteiger partial charge in [-0.15, -0.1) is 0 Å². The van der Waals surface area contributed by atoms with Crippen molar-refractivity contribution < 1.29 is 4.79 Å². The molecule has 3 heteroatoms. The molecule has 1 heterocycles. The molecule has 4 aromatic rings. The van der Waals surface area contributed by atoms with Gasteiger partial charge in [-0.1, -0.05) is 48.5 Å². The van der Waals surface area contributed by atoms with Crippen molar-refractivity contribution in [3.05, 3.63) is 96.3 Å². The fraction of sp³-hybridized carbons (Fsp3) is 0. The lowest BCUT2D eigenvalue weighted by molar-refractivity contribution is 0.103. The molecule has 0 fully saturated rings. The summed E-state index contributed by atoms with van der Waals surface area (Å²) in [7, 11) is 0. The molecule has 23 heavy (non-hydrogen) atoms. The number of hydrogen-bond acceptors (Lipinski definition) is 2. The van der Waals surface area contributed by atoms with Gasteiger partial charge in [0.1, 0.15) is 6.33 Å². The van der Waals surface area contributed by atoms with Crippen molar-refractivity contribution in [3.8, 4) is 5.69 Å². The largest absolute Gasteiger partial charge is 0.299 e. The van der Waals surface area contributed by atoms with E-state index in [2.05, 4.69) is 4.98 Å². The molecule has 0 unspecified atom stereocenters. The fourth-order valence-electron chi connectivity index (χ4n) is 2.70. The second kappa shape index (κ2) is 5.54. The maximum absolute atomic E-state index is 12.5. The molecule has 0 aliphatic carbocycles. The second-order valence-electron chi connectivity index (χ2n) is 5.35. The van der Waals surface area contributed by atoms with Crippen molar-refractivity contribution in [1.29, 1.82) is 0 Å². The highest BCUT2D eigenvalue weighted by atomic mass is 16.1. The van der Waals surface area contributed by atoms with Crippen LogP contribution in [0.2, 0.25) is 0 Å². The highest BCUT2D eigenvalue weighted by Gasteiger charge is 2.11. The Morgan fingerprint density at radius 3 is 2.22 bits per heavy atom. The molecule has 0 aliphatic rings. The number of carbonyl (C=O) groups is 1. The number of ketones is 1. The van der Waals surface area contributed by atoms with Gasteiger partial charge in [0.05, 0.1) is 11.0 Å². The van der Waals surface area contributed by atoms with Crippen molar-refractivity contribution >= 4 is 16.8 Å². The lowest BCUT2D eigenvalue weighted by atomic mass is 10.0. The monoisotopic (exact) mass is 298 g/mol. The van der Waals surface area contributed by atoms with E-state index < -0.39 is 0 Å². The molecule has 4 rings (SSSR count). The lowest BCUT2D eigenvalue weighted by Crippen LogP contribution is -2.00. The number of imidazole rings is 1. The normalized spacial score (nSPS) is 10.8. The average molecular weight is 298 g/mol. The molecular formula is C20H14N2O. The third-order valence-electron chi connectivity index (χ3n) is 3.88. The predicted molar refractivity (Wildman–Crippen MR) is 90.9 cm³/mol. The van der Waals surface area contributed by atoms with Gasteiger partial charge in [-0.05, 0) is 30.3 Å². The molecule has 0 bridgehead atoms. The maximum Gasteiger partial charge on any atom is 0.193 e. The zero-order valence-electron chi connectivity index (χ0n) is 12.4. The number of hydrogen-bond donors (Lipinski definition) is 0. The van der Waals surface area contributed by atoms with Crippen LogP contribution in [0.1, 0.15) is 15.9 Å². The van der Waals surface area contributed by atoms with E-state index in [4.69, 9.17) is 0 Å². The summed E-state index contributed by atoms with van der Waals surface area (Å²) in [5.74, 6) is 0.0155. The average Bonchev–Trinajstić information content (AvgIpc) is 3.06. The number of rotatable bonds is 3. The van der Waals surface area contributed by atoms with Crippen LogP contribution in [0.4, 0.5) is 0 Å². The topological polar surface area (TPSA) is 34.9 Å². The molecule has 0 saturated carbocycles. The summed E-state index contributed by atoms with van der Waals surface area (Å²) in [6, 6.07) is 25.0. The molecule has 0 atom stereocenters. The quantitative estimate of drug-likeness (QED) is 0.530. The SMILES string of the molecule is O=C(c1ccccc1)c1ccc2c(c1)ncn2-c1ccccc1. The highest BCUT2D eigenvalue weighted by Crippen LogP contribution is 2.20. The summed E-state index contributed by atoms with van der Waals surface area (Å²) in [5, 5.41) is 0. The summed E-state index contributed by atoms with van der Waals surface area (Å²) in [6.07, 6.45) is 1.79. The van der Waals surface area contributed by atoms with Crippen LogP contribution >= 0.6 is 0 Å². The molecule has 110 valence electrons. The zero-order chi connectivity index (χ0) is 15.6. The summed E-state index contributed by atoms with van der Waals surface area (Å²) in [6.45, 7) is 0. The molecule has 1 aromatic heterocycles. The van der Waals surface area contributed by atoms with Gasteiger partial charge in [0.2, 0.25) is 0 Å². The molecule has 0 saturated heterocycles. The number of fused-ring (bicyclic) bond motifs is 1. The molecule has 0 N–H and O–H groups in total. The summed E-state index contributed by atoms with van der Waals surface area (Å²) < 4.78 is 2.02. The van der Waals surface area contributed by atoms with E-state index in [0.717, 1.165) is 16.7 Å². The first kappa shape index (κ1) is 13.5. The Labute approximate surface area is 133 Å². The van der Waals surface area contributed by atoms with E-state index in [1.165, 1.54) is 0 Å². The van der Waals surface area contributed by atoms with Crippen LogP contribution in [0.25, 0.3) is 16.7 Å². The van der Waals surface area contributed by atoms with Crippen LogP contribution in [0.15, 0.2) is 85.2 Å². The minimum absolute atomic E-state index is 0.0155. The number of nitrogens with zero attached hydrogens (tertiary/aromatic N) is 2. The Morgan fingerprint density at radius 2 is 1.48 bits per heavy atom. The predicted octanol–water partition coefficient (Wildman–Crippen LogP) is 4.26. The first-order chi connectivity index (χ1) is 11.3. The standard InChI is InChI=1S/C20H14N2O/c23-20(15-7-3-1-4-8-15)16-11-12-19-18(13-16)21-14-22(19)17-9-5-2-6-10-17/h1-14H. The van der Waals surface area contributed by atoms with Crippen LogP contribution in [0.5, 0.6) is 0 Å². The van der Waals surface area contributed by atoms with Gasteiger partial charge in [-0.25, -0.2) is 4.98 Å². The molecule has 0 spiro atoms. The first-order valence-corrected chi connectivity index (χ1v) is 7.45. The van der Waals surface area contributed by atoms with Crippen LogP contribution in [0, 0.1) is 0 Å². The van der Waals surface area contributed by atoms with Gasteiger partial charge in [0.15, 0.2) is 5.78 Å². The Bertz CT molecular complexity index is 972. The van der Waals surface area contributed by atoms with Gasteiger partial charge < -0.3 is 0 Å². The fourth-order valence-corrected chi connectivity index (χ4v) is 2.70. The van der Waals surface area contributed by atoms with E-state index >= 15 is 0 Å². The number of benzene rings is 3. The van der Waals surface area contributed by atoms with E-state index in [9.17, 15) is 4.79 Å². The molecular weight excluding hydrogens is 284 g/mol. The van der Waals surface area contributed by atoms with Gasteiger partial charge in [0, 0.05) is 16.8 Å². The first-order valence-electron chi connectivity index (χ1n) is 7.45. The van der Waals surface area contributed by atoms with Crippen molar-refractivity contribution in [1.82, 2.24) is 9.55 Å². The Morgan fingerprint density at radius 1 is 0.783 bits per heavy atom. The van der Waals surface area contributed by atoms with Gasteiger partial charge in [-0.2, -0.15) is 0 Å². The van der Waals surface area contributed by atoms with E-state index in [-0.39, 0.29) is 5.78 Å². The summed E-state index contributed by atoms with van der Waals surface area (Å²) in [5.41, 5.74) is 4.20. The van der Waals surface area contributed by atoms with Gasteiger partial charge in [0.25, 0.3) is 0 Å². The van der Waals surface area contributed by atoms with E-state index in [1.54, 1.807) is 6.33 Å². The Kier molecular flexibility index (Phi) is 3.24. The Balaban J connectivity index is 1.77. The van der Waals surface area contributed by atoms with Crippen LogP contribution in [-0.2, 0) is 0 Å². The van der Waals surface area contributed by atoms with Gasteiger partial charge in [-0.3, -0.25) is 9.36 Å². The van der Waals surface area contributed by atoms with E-state index in [1.807, 2.05) is 83.4 Å². The third kappa shape index (κ3) is 2.42. The minimum atomic E-state index is 0.0155. The van der Waals surface area contributed by atoms with Crippen molar-refractivity contribution in [3.63, 3.8) is 0 Å². The number of aromatic nitrogens is 2. The Hall–Kier alpha value is -3.20. The second-order valence-corrected chi connectivity index (χ2v) is 5.35. The van der Waals surface area contributed by atoms with Crippen molar-refractivity contribution in [2.75, 3.05) is 0 Å². The van der Waals surface area contributed by atoms with Crippen LogP contribution in [0.3, 0.4) is 0 Å². The maximum atomic E-state index is 12.5. The molecule has 3 nitrogen and oxygen atoms in total. The molecule has 3 aromatic carbocycles. The molecule has 0 amide bonds. The van der Waals surface area contributed by atoms with Crippen molar-refractivity contribution in [2.24, 2.45) is 0 Å². The van der Waals surface area contributed by atoms with Crippen molar-refractivity contribution in [2.45, 2.75) is 0 Å². The number of carbonyl (C=O) groups excluding carboxylic acids is 1. The van der Waals surface area contributed by atoms with Gasteiger partial charge >= 0.3 is 0 Å². The van der Waals surface area contributed by atoms with Crippen LogP contribution in [-0.4, -0.2) is 15.3 Å². The molecule has 0 aliphatic heterocycles.